The zero-order chi connectivity index (χ0) is 16.7. The zero-order valence-corrected chi connectivity index (χ0v) is 12.2. The van der Waals surface area contributed by atoms with Gasteiger partial charge in [-0.15, -0.1) is 0 Å². The van der Waals surface area contributed by atoms with E-state index in [1.807, 2.05) is 0 Å². The maximum absolute atomic E-state index is 12.0. The summed E-state index contributed by atoms with van der Waals surface area (Å²) >= 11 is 0. The lowest BCUT2D eigenvalue weighted by Crippen LogP contribution is -2.37. The van der Waals surface area contributed by atoms with Gasteiger partial charge in [0.15, 0.2) is 0 Å². The zero-order valence-electron chi connectivity index (χ0n) is 11.3. The van der Waals surface area contributed by atoms with Gasteiger partial charge in [-0.05, 0) is 0 Å². The molecule has 4 atom stereocenters. The highest BCUT2D eigenvalue weighted by Crippen LogP contribution is 2.38. The van der Waals surface area contributed by atoms with Crippen molar-refractivity contribution in [3.63, 3.8) is 0 Å². The molecular formula is C10H15N2O9P. The number of nitrogens with zero attached hydrogens (tertiary/aromatic N) is 1. The van der Waals surface area contributed by atoms with Crippen LogP contribution in [0.2, 0.25) is 0 Å². The standard InChI is InChI=1S/C10H15N2O9P/c1-12-9(15)4(2-11-10(12)16)8-7(14)6(13)5(21-8)3-20-22(17,18)19/h2,5-8,13-14H,3H2,1H3,(H,11,16)(H2,17,18,19)/t5-,6-,7-,8?/m1/s1. The first-order chi connectivity index (χ1) is 10.1. The molecule has 0 aromatic carbocycles. The molecule has 1 aliphatic rings. The van der Waals surface area contributed by atoms with Crippen LogP contribution in [-0.4, -0.2) is 54.5 Å². The van der Waals surface area contributed by atoms with Crippen molar-refractivity contribution in [1.82, 2.24) is 9.55 Å². The second kappa shape index (κ2) is 6.05. The number of aromatic nitrogens is 2. The van der Waals surface area contributed by atoms with Crippen LogP contribution in [0.1, 0.15) is 11.7 Å². The molecule has 2 rings (SSSR count). The minimum Gasteiger partial charge on any atom is -0.387 e. The Balaban J connectivity index is 2.24. The number of H-pyrrole nitrogens is 1. The number of hydrogen-bond acceptors (Lipinski definition) is 7. The Bertz CT molecular complexity index is 707. The Morgan fingerprint density at radius 1 is 1.36 bits per heavy atom. The third-order valence-corrected chi connectivity index (χ3v) is 3.77. The fourth-order valence-electron chi connectivity index (χ4n) is 2.10. The van der Waals surface area contributed by atoms with Crippen molar-refractivity contribution in [2.75, 3.05) is 6.61 Å². The van der Waals surface area contributed by atoms with E-state index in [0.717, 1.165) is 10.8 Å². The average molecular weight is 338 g/mol. The predicted octanol–water partition coefficient (Wildman–Crippen LogP) is -2.66. The van der Waals surface area contributed by atoms with Crippen LogP contribution < -0.4 is 11.2 Å². The van der Waals surface area contributed by atoms with Gasteiger partial charge in [0.05, 0.1) is 12.2 Å². The molecule has 1 aliphatic heterocycles. The fraction of sp³-hybridized carbons (Fsp3) is 0.600. The van der Waals surface area contributed by atoms with Gasteiger partial charge in [-0.25, -0.2) is 9.36 Å². The van der Waals surface area contributed by atoms with Crippen LogP contribution in [0, 0.1) is 0 Å². The number of hydrogen-bond donors (Lipinski definition) is 5. The van der Waals surface area contributed by atoms with Crippen molar-refractivity contribution in [2.45, 2.75) is 24.4 Å². The molecule has 22 heavy (non-hydrogen) atoms. The van der Waals surface area contributed by atoms with Crippen LogP contribution in [0.15, 0.2) is 15.8 Å². The predicted molar refractivity (Wildman–Crippen MR) is 69.9 cm³/mol. The molecule has 124 valence electrons. The van der Waals surface area contributed by atoms with Gasteiger partial charge >= 0.3 is 13.5 Å². The van der Waals surface area contributed by atoms with Crippen LogP contribution in [0.3, 0.4) is 0 Å². The Kier molecular flexibility index (Phi) is 4.68. The molecule has 1 unspecified atom stereocenters. The molecule has 0 spiro atoms. The second-order valence-corrected chi connectivity index (χ2v) is 6.02. The summed E-state index contributed by atoms with van der Waals surface area (Å²) in [4.78, 5) is 42.8. The van der Waals surface area contributed by atoms with Crippen LogP contribution in [0.25, 0.3) is 0 Å². The van der Waals surface area contributed by atoms with E-state index >= 15 is 0 Å². The van der Waals surface area contributed by atoms with Gasteiger partial charge in [-0.1, -0.05) is 0 Å². The maximum atomic E-state index is 12.0. The van der Waals surface area contributed by atoms with Crippen molar-refractivity contribution in [3.8, 4) is 0 Å². The van der Waals surface area contributed by atoms with Crippen LogP contribution in [0.5, 0.6) is 0 Å². The van der Waals surface area contributed by atoms with Crippen molar-refractivity contribution >= 4 is 7.82 Å². The van der Waals surface area contributed by atoms with Gasteiger partial charge in [0.1, 0.15) is 24.4 Å². The number of phosphoric acid groups is 1. The molecule has 1 saturated heterocycles. The van der Waals surface area contributed by atoms with Gasteiger partial charge in [0.25, 0.3) is 5.56 Å². The van der Waals surface area contributed by atoms with E-state index in [2.05, 4.69) is 9.51 Å². The number of rotatable bonds is 4. The van der Waals surface area contributed by atoms with Gasteiger partial charge in [-0.3, -0.25) is 13.9 Å². The smallest absolute Gasteiger partial charge is 0.387 e. The number of aliphatic hydroxyl groups excluding tert-OH is 2. The molecule has 1 fully saturated rings. The first-order valence-corrected chi connectivity index (χ1v) is 7.65. The monoisotopic (exact) mass is 338 g/mol. The van der Waals surface area contributed by atoms with E-state index in [0.29, 0.717) is 0 Å². The van der Waals surface area contributed by atoms with Crippen LogP contribution >= 0.6 is 7.82 Å². The molecule has 0 radical (unpaired) electrons. The van der Waals surface area contributed by atoms with Gasteiger partial charge in [0, 0.05) is 13.2 Å². The molecule has 0 bridgehead atoms. The molecule has 12 heteroatoms. The largest absolute Gasteiger partial charge is 0.469 e. The van der Waals surface area contributed by atoms with E-state index in [1.54, 1.807) is 0 Å². The highest BCUT2D eigenvalue weighted by Gasteiger charge is 2.45. The molecule has 1 aromatic rings. The van der Waals surface area contributed by atoms with Crippen molar-refractivity contribution in [1.29, 1.82) is 0 Å². The van der Waals surface area contributed by atoms with E-state index < -0.39 is 50.1 Å². The Morgan fingerprint density at radius 2 is 2.00 bits per heavy atom. The summed E-state index contributed by atoms with van der Waals surface area (Å²) in [5, 5.41) is 19.7. The summed E-state index contributed by atoms with van der Waals surface area (Å²) in [6.45, 7) is -0.678. The molecule has 0 amide bonds. The van der Waals surface area contributed by atoms with Crippen molar-refractivity contribution in [3.05, 3.63) is 32.6 Å². The molecule has 0 saturated carbocycles. The van der Waals surface area contributed by atoms with E-state index in [9.17, 15) is 24.4 Å². The number of ether oxygens (including phenoxy) is 1. The van der Waals surface area contributed by atoms with E-state index in [1.165, 1.54) is 7.05 Å². The molecule has 1 aromatic heterocycles. The lowest BCUT2D eigenvalue weighted by atomic mass is 10.0. The number of nitrogens with one attached hydrogen (secondary N) is 1. The Labute approximate surface area is 123 Å². The third kappa shape index (κ3) is 3.36. The number of aliphatic hydroxyl groups is 2. The Hall–Kier alpha value is -1.33. The summed E-state index contributed by atoms with van der Waals surface area (Å²) in [6, 6.07) is 0. The second-order valence-electron chi connectivity index (χ2n) is 4.78. The normalized spacial score (nSPS) is 29.0. The number of phosphoric ester groups is 1. The van der Waals surface area contributed by atoms with Gasteiger partial charge < -0.3 is 29.7 Å². The highest BCUT2D eigenvalue weighted by molar-refractivity contribution is 7.46. The van der Waals surface area contributed by atoms with Crippen molar-refractivity contribution in [2.24, 2.45) is 7.05 Å². The fourth-order valence-corrected chi connectivity index (χ4v) is 2.44. The van der Waals surface area contributed by atoms with Crippen molar-refractivity contribution < 1.29 is 33.8 Å². The summed E-state index contributed by atoms with van der Waals surface area (Å²) < 4.78 is 20.9. The summed E-state index contributed by atoms with van der Waals surface area (Å²) in [5.41, 5.74) is -1.49. The van der Waals surface area contributed by atoms with Crippen LogP contribution in [0.4, 0.5) is 0 Å². The SMILES string of the molecule is Cn1c(=O)[nH]cc(C2O[C@H](COP(=O)(O)O)[C@@H](O)[C@H]2O)c1=O. The van der Waals surface area contributed by atoms with E-state index in [-0.39, 0.29) is 5.56 Å². The quantitative estimate of drug-likeness (QED) is 0.367. The summed E-state index contributed by atoms with van der Waals surface area (Å²) in [7, 11) is -3.55. The minimum absolute atomic E-state index is 0.104. The molecule has 2 heterocycles. The minimum atomic E-state index is -4.77. The summed E-state index contributed by atoms with van der Waals surface area (Å²) in [5.74, 6) is 0. The van der Waals surface area contributed by atoms with Gasteiger partial charge in [-0.2, -0.15) is 0 Å². The first kappa shape index (κ1) is 17.0. The highest BCUT2D eigenvalue weighted by atomic mass is 31.2. The van der Waals surface area contributed by atoms with Gasteiger partial charge in [0.2, 0.25) is 0 Å². The molecule has 11 nitrogen and oxygen atoms in total. The molecule has 0 aliphatic carbocycles. The summed E-state index contributed by atoms with van der Waals surface area (Å²) in [6.07, 6.45) is -4.50. The van der Waals surface area contributed by atoms with E-state index in [4.69, 9.17) is 14.5 Å². The lowest BCUT2D eigenvalue weighted by molar-refractivity contribution is -0.0229. The number of aromatic amines is 1. The molecular weight excluding hydrogens is 323 g/mol. The van der Waals surface area contributed by atoms with Crippen LogP contribution in [-0.2, 0) is 20.9 Å². The first-order valence-electron chi connectivity index (χ1n) is 6.12. The lowest BCUT2D eigenvalue weighted by Gasteiger charge is -2.14. The molecule has 5 N–H and O–H groups in total. The third-order valence-electron chi connectivity index (χ3n) is 3.28. The Morgan fingerprint density at radius 3 is 2.59 bits per heavy atom. The topological polar surface area (TPSA) is 171 Å². The maximum Gasteiger partial charge on any atom is 0.469 e. The average Bonchev–Trinajstić information content (AvgIpc) is 2.70.